The minimum Gasteiger partial charge on any atom is -0.455 e. The molecule has 0 spiro atoms. The van der Waals surface area contributed by atoms with E-state index in [1.54, 1.807) is 12.1 Å². The molecule has 0 saturated heterocycles. The van der Waals surface area contributed by atoms with E-state index < -0.39 is 11.7 Å². The summed E-state index contributed by atoms with van der Waals surface area (Å²) in [6.45, 7) is 0. The summed E-state index contributed by atoms with van der Waals surface area (Å²) in [7, 11) is 0. The molecule has 1 N–H and O–H groups in total. The summed E-state index contributed by atoms with van der Waals surface area (Å²) in [5.74, 6) is 0.324. The molecule has 0 bridgehead atoms. The van der Waals surface area contributed by atoms with Crippen molar-refractivity contribution < 1.29 is 22.4 Å². The summed E-state index contributed by atoms with van der Waals surface area (Å²) in [6, 6.07) is 11.7. The number of hydrogen-bond donors (Lipinski definition) is 1. The third-order valence-corrected chi connectivity index (χ3v) is 4.27. The van der Waals surface area contributed by atoms with Crippen LogP contribution in [0, 0.1) is 0 Å². The van der Waals surface area contributed by atoms with Gasteiger partial charge in [0, 0.05) is 10.4 Å². The van der Waals surface area contributed by atoms with Gasteiger partial charge >= 0.3 is 6.18 Å². The summed E-state index contributed by atoms with van der Waals surface area (Å²) < 4.78 is 43.8. The molecular weight excluding hydrogens is 365 g/mol. The Morgan fingerprint density at radius 2 is 2.04 bits per heavy atom. The summed E-state index contributed by atoms with van der Waals surface area (Å²) in [6.07, 6.45) is -2.90. The number of carbonyl (C=O) groups is 1. The third-order valence-electron chi connectivity index (χ3n) is 3.40. The third kappa shape index (κ3) is 4.60. The Morgan fingerprint density at radius 1 is 1.19 bits per heavy atom. The van der Waals surface area contributed by atoms with Crippen LogP contribution in [0.2, 0.25) is 0 Å². The standard InChI is InChI=1S/C18H13F3N2O2S/c19-18(20,21)13-4-1-3-12(9-13)16-7-6-14(25-16)11-22-23-17(24)10-15-5-2-8-26-15/h1-9,11H,10H2,(H,23,24)/b22-11-. The molecule has 0 saturated carbocycles. The molecule has 0 radical (unpaired) electrons. The normalized spacial score (nSPS) is 11.8. The molecule has 4 nitrogen and oxygen atoms in total. The number of rotatable bonds is 5. The number of alkyl halides is 3. The van der Waals surface area contributed by atoms with Gasteiger partial charge in [0.2, 0.25) is 5.91 Å². The van der Waals surface area contributed by atoms with Gasteiger partial charge in [-0.1, -0.05) is 18.2 Å². The van der Waals surface area contributed by atoms with Crippen LogP contribution in [-0.2, 0) is 17.4 Å². The number of benzene rings is 1. The monoisotopic (exact) mass is 378 g/mol. The molecule has 3 aromatic rings. The first kappa shape index (κ1) is 17.9. The zero-order valence-electron chi connectivity index (χ0n) is 13.3. The van der Waals surface area contributed by atoms with E-state index in [9.17, 15) is 18.0 Å². The number of carbonyl (C=O) groups excluding carboxylic acids is 1. The van der Waals surface area contributed by atoms with E-state index in [1.807, 2.05) is 17.5 Å². The van der Waals surface area contributed by atoms with Crippen LogP contribution < -0.4 is 5.43 Å². The summed E-state index contributed by atoms with van der Waals surface area (Å²) in [4.78, 5) is 12.6. The predicted molar refractivity (Wildman–Crippen MR) is 92.9 cm³/mol. The number of hydrogen-bond acceptors (Lipinski definition) is 4. The maximum atomic E-state index is 12.8. The van der Waals surface area contributed by atoms with Crippen molar-refractivity contribution in [2.24, 2.45) is 5.10 Å². The lowest BCUT2D eigenvalue weighted by atomic mass is 10.1. The second-order valence-electron chi connectivity index (χ2n) is 5.33. The first-order valence-electron chi connectivity index (χ1n) is 7.53. The topological polar surface area (TPSA) is 54.6 Å². The number of halogens is 3. The molecule has 0 aliphatic heterocycles. The fraction of sp³-hybridized carbons (Fsp3) is 0.111. The van der Waals surface area contributed by atoms with Crippen LogP contribution in [0.1, 0.15) is 16.2 Å². The highest BCUT2D eigenvalue weighted by Crippen LogP contribution is 2.32. The van der Waals surface area contributed by atoms with Crippen molar-refractivity contribution >= 4 is 23.5 Å². The first-order chi connectivity index (χ1) is 12.4. The van der Waals surface area contributed by atoms with Crippen LogP contribution >= 0.6 is 11.3 Å². The molecule has 0 aliphatic carbocycles. The van der Waals surface area contributed by atoms with Crippen LogP contribution in [0.15, 0.2) is 63.4 Å². The minimum atomic E-state index is -4.42. The Bertz CT molecular complexity index is 915. The van der Waals surface area contributed by atoms with Gasteiger partial charge in [-0.05, 0) is 35.7 Å². The molecule has 1 amide bonds. The molecule has 134 valence electrons. The molecule has 8 heteroatoms. The van der Waals surface area contributed by atoms with Crippen molar-refractivity contribution in [2.75, 3.05) is 0 Å². The Balaban J connectivity index is 1.64. The zero-order chi connectivity index (χ0) is 18.6. The second-order valence-corrected chi connectivity index (χ2v) is 6.36. The summed E-state index contributed by atoms with van der Waals surface area (Å²) >= 11 is 1.47. The molecule has 3 rings (SSSR count). The van der Waals surface area contributed by atoms with Gasteiger partial charge in [0.1, 0.15) is 11.5 Å². The Hall–Kier alpha value is -2.87. The highest BCUT2D eigenvalue weighted by atomic mass is 32.1. The van der Waals surface area contributed by atoms with E-state index >= 15 is 0 Å². The average molecular weight is 378 g/mol. The van der Waals surface area contributed by atoms with E-state index in [-0.39, 0.29) is 18.1 Å². The number of nitrogens with one attached hydrogen (secondary N) is 1. The molecule has 1 aromatic carbocycles. The highest BCUT2D eigenvalue weighted by molar-refractivity contribution is 7.10. The van der Waals surface area contributed by atoms with E-state index in [4.69, 9.17) is 4.42 Å². The van der Waals surface area contributed by atoms with Gasteiger partial charge in [0.25, 0.3) is 0 Å². The van der Waals surface area contributed by atoms with Crippen molar-refractivity contribution in [3.8, 4) is 11.3 Å². The molecule has 0 atom stereocenters. The molecule has 2 aromatic heterocycles. The molecule has 0 aliphatic rings. The molecule has 0 unspecified atom stereocenters. The Labute approximate surface area is 151 Å². The minimum absolute atomic E-state index is 0.225. The van der Waals surface area contributed by atoms with Crippen molar-refractivity contribution in [1.82, 2.24) is 5.43 Å². The number of furan rings is 1. The summed E-state index contributed by atoms with van der Waals surface area (Å²) in [5, 5.41) is 5.67. The van der Waals surface area contributed by atoms with Gasteiger partial charge in [0.15, 0.2) is 0 Å². The Morgan fingerprint density at radius 3 is 2.77 bits per heavy atom. The molecule has 0 fully saturated rings. The van der Waals surface area contributed by atoms with Gasteiger partial charge < -0.3 is 4.42 Å². The van der Waals surface area contributed by atoms with Gasteiger partial charge in [-0.2, -0.15) is 18.3 Å². The first-order valence-corrected chi connectivity index (χ1v) is 8.41. The highest BCUT2D eigenvalue weighted by Gasteiger charge is 2.30. The smallest absolute Gasteiger partial charge is 0.416 e. The van der Waals surface area contributed by atoms with Crippen molar-refractivity contribution in [3.63, 3.8) is 0 Å². The second kappa shape index (κ2) is 7.57. The summed E-state index contributed by atoms with van der Waals surface area (Å²) in [5.41, 5.74) is 1.93. The van der Waals surface area contributed by atoms with Crippen LogP contribution in [0.4, 0.5) is 13.2 Å². The maximum absolute atomic E-state index is 12.8. The van der Waals surface area contributed by atoms with Crippen LogP contribution in [0.25, 0.3) is 11.3 Å². The lowest BCUT2D eigenvalue weighted by Crippen LogP contribution is -2.19. The van der Waals surface area contributed by atoms with E-state index in [0.29, 0.717) is 11.3 Å². The molecule has 26 heavy (non-hydrogen) atoms. The number of nitrogens with zero attached hydrogens (tertiary/aromatic N) is 1. The fourth-order valence-corrected chi connectivity index (χ4v) is 2.91. The SMILES string of the molecule is O=C(Cc1cccs1)N/N=C\c1ccc(-c2cccc(C(F)(F)F)c2)o1. The zero-order valence-corrected chi connectivity index (χ0v) is 14.1. The van der Waals surface area contributed by atoms with Crippen LogP contribution in [-0.4, -0.2) is 12.1 Å². The van der Waals surface area contributed by atoms with Gasteiger partial charge in [0.05, 0.1) is 18.2 Å². The van der Waals surface area contributed by atoms with Gasteiger partial charge in [-0.15, -0.1) is 11.3 Å². The average Bonchev–Trinajstić information content (AvgIpc) is 3.26. The lowest BCUT2D eigenvalue weighted by Gasteiger charge is -2.07. The van der Waals surface area contributed by atoms with Crippen LogP contribution in [0.5, 0.6) is 0 Å². The number of hydrazone groups is 1. The lowest BCUT2D eigenvalue weighted by molar-refractivity contribution is -0.137. The van der Waals surface area contributed by atoms with Crippen molar-refractivity contribution in [1.29, 1.82) is 0 Å². The van der Waals surface area contributed by atoms with Crippen LogP contribution in [0.3, 0.4) is 0 Å². The molecule has 2 heterocycles. The molecular formula is C18H13F3N2O2S. The predicted octanol–water partition coefficient (Wildman–Crippen LogP) is 4.72. The van der Waals surface area contributed by atoms with Gasteiger partial charge in [-0.3, -0.25) is 4.79 Å². The van der Waals surface area contributed by atoms with Gasteiger partial charge in [-0.25, -0.2) is 5.43 Å². The number of amides is 1. The van der Waals surface area contributed by atoms with Crippen molar-refractivity contribution in [3.05, 3.63) is 70.1 Å². The quantitative estimate of drug-likeness (QED) is 0.516. The largest absolute Gasteiger partial charge is 0.455 e. The number of thiophene rings is 1. The Kier molecular flexibility index (Phi) is 5.22. The van der Waals surface area contributed by atoms with E-state index in [2.05, 4.69) is 10.5 Å². The maximum Gasteiger partial charge on any atom is 0.416 e. The van der Waals surface area contributed by atoms with Crippen molar-refractivity contribution in [2.45, 2.75) is 12.6 Å². The fourth-order valence-electron chi connectivity index (χ4n) is 2.20. The van der Waals surface area contributed by atoms with E-state index in [1.165, 1.54) is 29.7 Å². The van der Waals surface area contributed by atoms with E-state index in [0.717, 1.165) is 17.0 Å².